The third-order valence-corrected chi connectivity index (χ3v) is 8.33. The van der Waals surface area contributed by atoms with E-state index in [4.69, 9.17) is 40.8 Å². The molecule has 4 rings (SSSR count). The fourth-order valence-corrected chi connectivity index (χ4v) is 6.12. The number of nitrogens with one attached hydrogen (secondary N) is 1. The molecule has 2 aromatic carbocycles. The second kappa shape index (κ2) is 13.8. The van der Waals surface area contributed by atoms with E-state index >= 15 is 0 Å². The molecule has 4 aromatic rings. The highest BCUT2D eigenvalue weighted by molar-refractivity contribution is 7.52. The molecule has 0 aliphatic rings. The SMILES string of the molecule is CCOCc1nc2c(N)nc3ccccc3c2n1[C@H](CC)CO[P@@](=O)(N[C@@H](C)C(=O)OC(C)C)Oc1ccc(Cl)cc1. The van der Waals surface area contributed by atoms with E-state index in [1.807, 2.05) is 42.7 Å². The number of esters is 1. The number of aromatic nitrogens is 3. The second-order valence-corrected chi connectivity index (χ2v) is 12.1. The van der Waals surface area contributed by atoms with Gasteiger partial charge in [-0.15, -0.1) is 0 Å². The number of rotatable bonds is 14. The van der Waals surface area contributed by atoms with Crippen LogP contribution < -0.4 is 15.3 Å². The summed E-state index contributed by atoms with van der Waals surface area (Å²) in [6.45, 7) is 9.55. The first-order chi connectivity index (χ1) is 20.0. The highest BCUT2D eigenvalue weighted by Crippen LogP contribution is 2.46. The van der Waals surface area contributed by atoms with Crippen molar-refractivity contribution < 1.29 is 27.9 Å². The van der Waals surface area contributed by atoms with Crippen molar-refractivity contribution in [3.05, 3.63) is 59.4 Å². The van der Waals surface area contributed by atoms with Crippen molar-refractivity contribution in [2.45, 2.75) is 65.8 Å². The van der Waals surface area contributed by atoms with Crippen LogP contribution in [0.25, 0.3) is 21.9 Å². The number of para-hydroxylation sites is 1. The molecule has 42 heavy (non-hydrogen) atoms. The van der Waals surface area contributed by atoms with Crippen molar-refractivity contribution in [2.75, 3.05) is 18.9 Å². The monoisotopic (exact) mass is 617 g/mol. The number of hydrogen-bond donors (Lipinski definition) is 2. The normalized spacial score (nSPS) is 14.6. The molecule has 0 unspecified atom stereocenters. The minimum Gasteiger partial charge on any atom is -0.462 e. The Balaban J connectivity index is 1.72. The van der Waals surface area contributed by atoms with Gasteiger partial charge in [-0.25, -0.2) is 14.5 Å². The molecule has 226 valence electrons. The Morgan fingerprint density at radius 2 is 1.81 bits per heavy atom. The zero-order valence-corrected chi connectivity index (χ0v) is 26.0. The number of halogens is 1. The Morgan fingerprint density at radius 1 is 1.10 bits per heavy atom. The molecular weight excluding hydrogens is 581 g/mol. The topological polar surface area (TPSA) is 140 Å². The zero-order chi connectivity index (χ0) is 30.4. The zero-order valence-electron chi connectivity index (χ0n) is 24.4. The molecule has 13 heteroatoms. The Kier molecular flexibility index (Phi) is 10.5. The number of carbonyl (C=O) groups excluding carboxylic acids is 1. The van der Waals surface area contributed by atoms with Crippen LogP contribution in [0.4, 0.5) is 5.82 Å². The first kappa shape index (κ1) is 31.7. The van der Waals surface area contributed by atoms with Crippen LogP contribution in [0, 0.1) is 0 Å². The van der Waals surface area contributed by atoms with E-state index in [2.05, 4.69) is 10.1 Å². The third kappa shape index (κ3) is 7.40. The fourth-order valence-electron chi connectivity index (χ4n) is 4.47. The van der Waals surface area contributed by atoms with Crippen LogP contribution in [0.2, 0.25) is 5.02 Å². The van der Waals surface area contributed by atoms with Gasteiger partial charge in [0.25, 0.3) is 0 Å². The van der Waals surface area contributed by atoms with Gasteiger partial charge in [0.05, 0.1) is 29.8 Å². The second-order valence-electron chi connectivity index (χ2n) is 9.98. The average molecular weight is 618 g/mol. The largest absolute Gasteiger partial charge is 0.462 e. The van der Waals surface area contributed by atoms with Crippen molar-refractivity contribution in [1.82, 2.24) is 19.6 Å². The lowest BCUT2D eigenvalue weighted by atomic mass is 10.1. The van der Waals surface area contributed by atoms with Crippen LogP contribution in [-0.2, 0) is 30.0 Å². The van der Waals surface area contributed by atoms with Crippen LogP contribution in [0.1, 0.15) is 52.9 Å². The lowest BCUT2D eigenvalue weighted by Crippen LogP contribution is -2.36. The summed E-state index contributed by atoms with van der Waals surface area (Å²) in [6, 6.07) is 12.7. The van der Waals surface area contributed by atoms with Gasteiger partial charge in [-0.05, 0) is 64.4 Å². The molecule has 0 amide bonds. The number of anilines is 1. The molecule has 0 radical (unpaired) electrons. The van der Waals surface area contributed by atoms with E-state index in [1.165, 1.54) is 6.92 Å². The molecule has 0 spiro atoms. The number of nitrogens with two attached hydrogens (primary N) is 1. The standard InChI is InChI=1S/C29H37ClN5O6P/c1-6-21(35-25(17-38-7-2)33-26-27(35)23-10-8-9-11-24(23)32-28(26)31)16-39-42(37,34-19(5)29(36)40-18(3)4)41-22-14-12-20(30)13-15-22/h8-15,18-19,21H,6-7,16-17H2,1-5H3,(H2,31,32)(H,34,37)/t19-,21+,42-/m0/s1. The third-order valence-electron chi connectivity index (χ3n) is 6.43. The number of imidazole rings is 1. The lowest BCUT2D eigenvalue weighted by Gasteiger charge is -2.26. The predicted molar refractivity (Wildman–Crippen MR) is 164 cm³/mol. The molecule has 0 bridgehead atoms. The molecule has 3 atom stereocenters. The van der Waals surface area contributed by atoms with Crippen LogP contribution in [0.5, 0.6) is 5.75 Å². The van der Waals surface area contributed by atoms with Crippen molar-refractivity contribution in [1.29, 1.82) is 0 Å². The number of carbonyl (C=O) groups is 1. The van der Waals surface area contributed by atoms with E-state index in [0.29, 0.717) is 35.2 Å². The van der Waals surface area contributed by atoms with Gasteiger partial charge in [0.15, 0.2) is 5.82 Å². The Bertz CT molecular complexity index is 1580. The van der Waals surface area contributed by atoms with Gasteiger partial charge in [-0.3, -0.25) is 9.32 Å². The smallest absolute Gasteiger partial charge is 0.459 e. The Morgan fingerprint density at radius 3 is 2.48 bits per heavy atom. The molecule has 0 aliphatic carbocycles. The summed E-state index contributed by atoms with van der Waals surface area (Å²) in [6.07, 6.45) is 0.228. The predicted octanol–water partition coefficient (Wildman–Crippen LogP) is 6.44. The molecule has 2 heterocycles. The van der Waals surface area contributed by atoms with Crippen LogP contribution in [-0.4, -0.2) is 45.9 Å². The van der Waals surface area contributed by atoms with Crippen LogP contribution >= 0.6 is 19.3 Å². The van der Waals surface area contributed by atoms with E-state index < -0.39 is 19.8 Å². The number of benzene rings is 2. The number of hydrogen-bond acceptors (Lipinski definition) is 9. The minimum absolute atomic E-state index is 0.0541. The van der Waals surface area contributed by atoms with E-state index in [9.17, 15) is 9.36 Å². The molecule has 3 N–H and O–H groups in total. The minimum atomic E-state index is -4.13. The summed E-state index contributed by atoms with van der Waals surface area (Å²) in [5.41, 5.74) is 8.39. The molecule has 0 saturated carbocycles. The number of fused-ring (bicyclic) bond motifs is 3. The summed E-state index contributed by atoms with van der Waals surface area (Å²) >= 11 is 6.02. The highest BCUT2D eigenvalue weighted by Gasteiger charge is 2.34. The number of ether oxygens (including phenoxy) is 2. The number of pyridine rings is 1. The fraction of sp³-hybridized carbons (Fsp3) is 0.414. The van der Waals surface area contributed by atoms with Crippen molar-refractivity contribution in [2.24, 2.45) is 0 Å². The van der Waals surface area contributed by atoms with E-state index in [0.717, 1.165) is 16.4 Å². The molecule has 0 fully saturated rings. The summed E-state index contributed by atoms with van der Waals surface area (Å²) < 4.78 is 39.1. The van der Waals surface area contributed by atoms with Gasteiger partial charge in [0.2, 0.25) is 0 Å². The summed E-state index contributed by atoms with van der Waals surface area (Å²) in [5.74, 6) is 0.589. The average Bonchev–Trinajstić information content (AvgIpc) is 3.33. The van der Waals surface area contributed by atoms with E-state index in [-0.39, 0.29) is 31.1 Å². The first-order valence-electron chi connectivity index (χ1n) is 13.9. The van der Waals surface area contributed by atoms with Gasteiger partial charge in [-0.2, -0.15) is 5.09 Å². The first-order valence-corrected chi connectivity index (χ1v) is 15.8. The van der Waals surface area contributed by atoms with Gasteiger partial charge < -0.3 is 24.3 Å². The molecule has 0 aliphatic heterocycles. The summed E-state index contributed by atoms with van der Waals surface area (Å²) in [5, 5.41) is 4.08. The number of nitrogens with zero attached hydrogens (tertiary/aromatic N) is 3. The van der Waals surface area contributed by atoms with Crippen LogP contribution in [0.3, 0.4) is 0 Å². The van der Waals surface area contributed by atoms with Crippen molar-refractivity contribution >= 4 is 53.1 Å². The maximum absolute atomic E-state index is 14.2. The molecule has 2 aromatic heterocycles. The Labute approximate surface area is 250 Å². The van der Waals surface area contributed by atoms with E-state index in [1.54, 1.807) is 38.1 Å². The summed E-state index contributed by atoms with van der Waals surface area (Å²) in [4.78, 5) is 21.9. The molecule has 11 nitrogen and oxygen atoms in total. The highest BCUT2D eigenvalue weighted by atomic mass is 35.5. The van der Waals surface area contributed by atoms with Gasteiger partial charge in [0, 0.05) is 17.0 Å². The van der Waals surface area contributed by atoms with Crippen molar-refractivity contribution in [3.8, 4) is 5.75 Å². The number of nitrogen functional groups attached to an aromatic ring is 1. The maximum atomic E-state index is 14.2. The molecule has 0 saturated heterocycles. The lowest BCUT2D eigenvalue weighted by molar-refractivity contribution is -0.149. The summed E-state index contributed by atoms with van der Waals surface area (Å²) in [7, 11) is -4.13. The van der Waals surface area contributed by atoms with Gasteiger partial charge >= 0.3 is 13.7 Å². The Hall–Kier alpha value is -3.21. The maximum Gasteiger partial charge on any atom is 0.459 e. The van der Waals surface area contributed by atoms with Gasteiger partial charge in [0.1, 0.15) is 29.7 Å². The quantitative estimate of drug-likeness (QED) is 0.120. The molecular formula is C29H37ClN5O6P. The van der Waals surface area contributed by atoms with Crippen molar-refractivity contribution in [3.63, 3.8) is 0 Å². The van der Waals surface area contributed by atoms with Gasteiger partial charge in [-0.1, -0.05) is 36.7 Å². The van der Waals surface area contributed by atoms with Crippen LogP contribution in [0.15, 0.2) is 48.5 Å².